The lowest BCUT2D eigenvalue weighted by Crippen LogP contribution is -2.31. The van der Waals surface area contributed by atoms with Crippen molar-refractivity contribution in [1.29, 1.82) is 0 Å². The zero-order valence-corrected chi connectivity index (χ0v) is 12.2. The van der Waals surface area contributed by atoms with Crippen molar-refractivity contribution in [3.05, 3.63) is 51.3 Å². The molecule has 0 aliphatic carbocycles. The Morgan fingerprint density at radius 2 is 1.75 bits per heavy atom. The van der Waals surface area contributed by atoms with Crippen molar-refractivity contribution in [1.82, 2.24) is 4.57 Å². The molecule has 0 unspecified atom stereocenters. The molecule has 0 saturated carbocycles. The Bertz CT molecular complexity index is 719. The van der Waals surface area contributed by atoms with Gasteiger partial charge in [0.15, 0.2) is 0 Å². The molecule has 2 rings (SSSR count). The second kappa shape index (κ2) is 5.31. The number of rotatable bonds is 3. The molecular weight excluding hydrogens is 301 g/mol. The number of benzene rings is 1. The van der Waals surface area contributed by atoms with E-state index in [1.165, 1.54) is 6.07 Å². The van der Waals surface area contributed by atoms with Gasteiger partial charge in [0.2, 0.25) is 5.78 Å². The Balaban J connectivity index is 2.61. The Kier molecular flexibility index (Phi) is 3.88. The normalized spacial score (nSPS) is 10.6. The summed E-state index contributed by atoms with van der Waals surface area (Å²) in [7, 11) is 0. The quantitative estimate of drug-likeness (QED) is 0.645. The van der Waals surface area contributed by atoms with Gasteiger partial charge in [0.25, 0.3) is 0 Å². The Hall–Kier alpha value is -1.78. The number of aryl methyl sites for hydroxylation is 1. The molecule has 4 nitrogen and oxygen atoms in total. The smallest absolute Gasteiger partial charge is 0.210 e. The van der Waals surface area contributed by atoms with Crippen molar-refractivity contribution < 1.29 is 14.7 Å². The van der Waals surface area contributed by atoms with Crippen LogP contribution in [0.2, 0.25) is 10.0 Å². The van der Waals surface area contributed by atoms with Gasteiger partial charge in [-0.2, -0.15) is 0 Å². The van der Waals surface area contributed by atoms with Gasteiger partial charge in [0.05, 0.1) is 10.0 Å². The van der Waals surface area contributed by atoms with Crippen LogP contribution in [-0.4, -0.2) is 16.3 Å². The van der Waals surface area contributed by atoms with Crippen molar-refractivity contribution in [2.45, 2.75) is 13.8 Å². The maximum Gasteiger partial charge on any atom is 0.210 e. The molecule has 0 aliphatic heterocycles. The number of Topliss-reactive ketones (excluding diaryl/α,β-unsaturated/α-hetero) is 1. The van der Waals surface area contributed by atoms with Crippen LogP contribution in [0.15, 0.2) is 24.3 Å². The van der Waals surface area contributed by atoms with Gasteiger partial charge in [-0.25, -0.2) is 0 Å². The second-order valence-corrected chi connectivity index (χ2v) is 5.15. The molecular formula is C14H10Cl2NO3-. The summed E-state index contributed by atoms with van der Waals surface area (Å²) in [6, 6.07) is 6.53. The first-order chi connectivity index (χ1) is 9.32. The molecule has 0 bridgehead atoms. The summed E-state index contributed by atoms with van der Waals surface area (Å²) in [5.41, 5.74) is 2.03. The molecule has 0 N–H and O–H groups in total. The number of aliphatic carboxylic acids is 1. The van der Waals surface area contributed by atoms with E-state index in [1.807, 2.05) is 0 Å². The monoisotopic (exact) mass is 310 g/mol. The number of carboxylic acid groups (broad SMARTS) is 1. The number of halogens is 2. The first-order valence-electron chi connectivity index (χ1n) is 5.73. The lowest BCUT2D eigenvalue weighted by Gasteiger charge is -2.11. The van der Waals surface area contributed by atoms with E-state index in [0.29, 0.717) is 27.1 Å². The summed E-state index contributed by atoms with van der Waals surface area (Å²) < 4.78 is 1.73. The highest BCUT2D eigenvalue weighted by atomic mass is 35.5. The molecule has 6 heteroatoms. The molecule has 20 heavy (non-hydrogen) atoms. The molecule has 1 aromatic heterocycles. The van der Waals surface area contributed by atoms with E-state index in [9.17, 15) is 14.7 Å². The molecule has 0 spiro atoms. The minimum absolute atomic E-state index is 0.105. The predicted molar refractivity (Wildman–Crippen MR) is 74.6 cm³/mol. The predicted octanol–water partition coefficient (Wildman–Crippen LogP) is 2.33. The van der Waals surface area contributed by atoms with Crippen LogP contribution >= 0.6 is 23.2 Å². The van der Waals surface area contributed by atoms with E-state index in [0.717, 1.165) is 0 Å². The molecule has 2 aromatic rings. The number of carbonyl (C=O) groups excluding carboxylic acids is 2. The van der Waals surface area contributed by atoms with Gasteiger partial charge in [-0.3, -0.25) is 4.79 Å². The van der Waals surface area contributed by atoms with Crippen molar-refractivity contribution in [3.63, 3.8) is 0 Å². The maximum absolute atomic E-state index is 11.6. The lowest BCUT2D eigenvalue weighted by atomic mass is 10.1. The van der Waals surface area contributed by atoms with Crippen molar-refractivity contribution >= 4 is 35.0 Å². The molecule has 0 atom stereocenters. The summed E-state index contributed by atoms with van der Waals surface area (Å²) in [5.74, 6) is -2.76. The van der Waals surface area contributed by atoms with Crippen LogP contribution in [0.4, 0.5) is 0 Å². The molecule has 0 saturated heterocycles. The maximum atomic E-state index is 11.6. The summed E-state index contributed by atoms with van der Waals surface area (Å²) in [4.78, 5) is 22.3. The lowest BCUT2D eigenvalue weighted by molar-refractivity contribution is -0.296. The average molecular weight is 311 g/mol. The molecule has 0 aliphatic rings. The third kappa shape index (κ3) is 2.44. The average Bonchev–Trinajstić information content (AvgIpc) is 2.67. The van der Waals surface area contributed by atoms with Crippen LogP contribution in [0.1, 0.15) is 21.7 Å². The SMILES string of the molecule is Cc1cc(C(=O)C(=O)[O-])c(C)n1-c1ccc(Cl)c(Cl)c1. The Morgan fingerprint density at radius 1 is 1.10 bits per heavy atom. The fraction of sp³-hybridized carbons (Fsp3) is 0.143. The minimum atomic E-state index is -1.72. The zero-order valence-electron chi connectivity index (χ0n) is 10.7. The van der Waals surface area contributed by atoms with Crippen LogP contribution < -0.4 is 5.11 Å². The van der Waals surface area contributed by atoms with Crippen LogP contribution in [0, 0.1) is 13.8 Å². The molecule has 0 fully saturated rings. The number of carboxylic acids is 1. The highest BCUT2D eigenvalue weighted by Crippen LogP contribution is 2.27. The highest BCUT2D eigenvalue weighted by Gasteiger charge is 2.17. The van der Waals surface area contributed by atoms with E-state index in [-0.39, 0.29) is 5.56 Å². The van der Waals surface area contributed by atoms with E-state index < -0.39 is 11.8 Å². The van der Waals surface area contributed by atoms with Gasteiger partial charge in [0.1, 0.15) is 5.97 Å². The first-order valence-corrected chi connectivity index (χ1v) is 6.48. The highest BCUT2D eigenvalue weighted by molar-refractivity contribution is 6.42. The number of carbonyl (C=O) groups is 2. The van der Waals surface area contributed by atoms with Gasteiger partial charge >= 0.3 is 0 Å². The zero-order chi connectivity index (χ0) is 15.0. The third-order valence-corrected chi connectivity index (χ3v) is 3.76. The van der Waals surface area contributed by atoms with Gasteiger partial charge in [-0.15, -0.1) is 0 Å². The van der Waals surface area contributed by atoms with E-state index in [2.05, 4.69) is 0 Å². The first kappa shape index (κ1) is 14.6. The Labute approximate surface area is 125 Å². The van der Waals surface area contributed by atoms with Crippen LogP contribution in [0.25, 0.3) is 5.69 Å². The fourth-order valence-corrected chi connectivity index (χ4v) is 2.42. The van der Waals surface area contributed by atoms with Crippen LogP contribution in [-0.2, 0) is 4.79 Å². The van der Waals surface area contributed by atoms with Crippen LogP contribution in [0.5, 0.6) is 0 Å². The molecule has 1 aromatic carbocycles. The van der Waals surface area contributed by atoms with Gasteiger partial charge in [-0.1, -0.05) is 23.2 Å². The summed E-state index contributed by atoms with van der Waals surface area (Å²) in [6.45, 7) is 3.42. The van der Waals surface area contributed by atoms with E-state index in [1.54, 1.807) is 36.6 Å². The van der Waals surface area contributed by atoms with Crippen molar-refractivity contribution in [3.8, 4) is 5.69 Å². The number of ketones is 1. The van der Waals surface area contributed by atoms with Crippen molar-refractivity contribution in [2.75, 3.05) is 0 Å². The van der Waals surface area contributed by atoms with E-state index >= 15 is 0 Å². The van der Waals surface area contributed by atoms with Gasteiger partial charge in [-0.05, 0) is 38.1 Å². The fourth-order valence-electron chi connectivity index (χ4n) is 2.12. The topological polar surface area (TPSA) is 62.1 Å². The van der Waals surface area contributed by atoms with Gasteiger partial charge < -0.3 is 14.5 Å². The number of hydrogen-bond donors (Lipinski definition) is 0. The summed E-state index contributed by atoms with van der Waals surface area (Å²) in [5, 5.41) is 11.5. The summed E-state index contributed by atoms with van der Waals surface area (Å²) >= 11 is 11.8. The molecule has 0 amide bonds. The number of nitrogens with zero attached hydrogens (tertiary/aromatic N) is 1. The Morgan fingerprint density at radius 3 is 2.30 bits per heavy atom. The molecule has 104 valence electrons. The second-order valence-electron chi connectivity index (χ2n) is 4.34. The number of aromatic nitrogens is 1. The van der Waals surface area contributed by atoms with Gasteiger partial charge in [0, 0.05) is 22.6 Å². The molecule has 1 heterocycles. The minimum Gasteiger partial charge on any atom is -0.541 e. The van der Waals surface area contributed by atoms with Crippen LogP contribution in [0.3, 0.4) is 0 Å². The molecule has 0 radical (unpaired) electrons. The van der Waals surface area contributed by atoms with E-state index in [4.69, 9.17) is 23.2 Å². The number of hydrogen-bond acceptors (Lipinski definition) is 3. The van der Waals surface area contributed by atoms with Crippen molar-refractivity contribution in [2.24, 2.45) is 0 Å². The standard InChI is InChI=1S/C14H11Cl2NO3/c1-7-5-10(13(18)14(19)20)8(2)17(7)9-3-4-11(15)12(16)6-9/h3-6H,1-2H3,(H,19,20)/p-1. The largest absolute Gasteiger partial charge is 0.541 e. The third-order valence-electron chi connectivity index (χ3n) is 3.02. The summed E-state index contributed by atoms with van der Waals surface area (Å²) in [6.07, 6.45) is 0.